The zero-order chi connectivity index (χ0) is 26.5. The second-order valence-corrected chi connectivity index (χ2v) is 9.91. The molecule has 0 saturated heterocycles. The van der Waals surface area contributed by atoms with Crippen LogP contribution in [0.4, 0.5) is 0 Å². The van der Waals surface area contributed by atoms with E-state index < -0.39 is 0 Å². The number of fused-ring (bicyclic) bond motifs is 3. The van der Waals surface area contributed by atoms with Crippen LogP contribution in [0.3, 0.4) is 0 Å². The van der Waals surface area contributed by atoms with E-state index in [1.54, 1.807) is 0 Å². The predicted molar refractivity (Wildman–Crippen MR) is 161 cm³/mol. The lowest BCUT2D eigenvalue weighted by atomic mass is 10.0. The van der Waals surface area contributed by atoms with Gasteiger partial charge in [0, 0.05) is 11.1 Å². The average Bonchev–Trinajstić information content (AvgIpc) is 3.63. The first kappa shape index (κ1) is 22.5. The van der Waals surface area contributed by atoms with Gasteiger partial charge in [-0.1, -0.05) is 84.9 Å². The van der Waals surface area contributed by atoms with E-state index in [-0.39, 0.29) is 0 Å². The molecule has 0 spiro atoms. The standard InChI is InChI=1S/C36H22N2O2/c1-3-7-23(8-4-1)25-11-15-27(16-12-25)35-37-31-19-29-22-34-32(20-30(29)21-33(31)39-35)38-36(40-34)28-17-13-26(14-18-28)24-9-5-2-6-10-24/h1-22H. The minimum Gasteiger partial charge on any atom is -0.436 e. The molecule has 2 heterocycles. The molecule has 0 amide bonds. The van der Waals surface area contributed by atoms with E-state index in [4.69, 9.17) is 18.8 Å². The fraction of sp³-hybridized carbons (Fsp3) is 0. The third-order valence-electron chi connectivity index (χ3n) is 7.33. The Balaban J connectivity index is 1.12. The zero-order valence-corrected chi connectivity index (χ0v) is 21.4. The summed E-state index contributed by atoms with van der Waals surface area (Å²) in [6.07, 6.45) is 0. The molecule has 0 unspecified atom stereocenters. The maximum absolute atomic E-state index is 6.19. The Labute approximate surface area is 230 Å². The summed E-state index contributed by atoms with van der Waals surface area (Å²) in [6.45, 7) is 0. The molecule has 6 aromatic carbocycles. The lowest BCUT2D eigenvalue weighted by molar-refractivity contribution is 0.619. The van der Waals surface area contributed by atoms with Crippen molar-refractivity contribution in [2.45, 2.75) is 0 Å². The van der Waals surface area contributed by atoms with Crippen LogP contribution in [0.15, 0.2) is 142 Å². The van der Waals surface area contributed by atoms with E-state index in [0.717, 1.165) is 55.2 Å². The van der Waals surface area contributed by atoms with Gasteiger partial charge in [0.1, 0.15) is 11.0 Å². The Morgan fingerprint density at radius 2 is 0.700 bits per heavy atom. The smallest absolute Gasteiger partial charge is 0.227 e. The molecule has 4 heteroatoms. The first-order valence-corrected chi connectivity index (χ1v) is 13.2. The highest BCUT2D eigenvalue weighted by atomic mass is 16.4. The summed E-state index contributed by atoms with van der Waals surface area (Å²) in [5, 5.41) is 2.06. The third-order valence-corrected chi connectivity index (χ3v) is 7.33. The number of oxazole rings is 2. The van der Waals surface area contributed by atoms with Crippen LogP contribution in [-0.2, 0) is 0 Å². The highest BCUT2D eigenvalue weighted by Crippen LogP contribution is 2.33. The maximum atomic E-state index is 6.19. The average molecular weight is 515 g/mol. The summed E-state index contributed by atoms with van der Waals surface area (Å²) in [5.41, 5.74) is 9.68. The van der Waals surface area contributed by atoms with Crippen LogP contribution in [0.2, 0.25) is 0 Å². The molecule has 0 N–H and O–H groups in total. The van der Waals surface area contributed by atoms with Crippen molar-refractivity contribution >= 4 is 33.0 Å². The molecule has 0 fully saturated rings. The van der Waals surface area contributed by atoms with Gasteiger partial charge in [0.15, 0.2) is 11.2 Å². The second kappa shape index (κ2) is 9.07. The van der Waals surface area contributed by atoms with Crippen LogP contribution in [0.25, 0.3) is 78.1 Å². The molecule has 8 rings (SSSR count). The largest absolute Gasteiger partial charge is 0.436 e. The summed E-state index contributed by atoms with van der Waals surface area (Å²) in [5.74, 6) is 1.21. The van der Waals surface area contributed by atoms with Gasteiger partial charge in [0.2, 0.25) is 11.8 Å². The van der Waals surface area contributed by atoms with E-state index in [1.807, 2.05) is 60.7 Å². The highest BCUT2D eigenvalue weighted by Gasteiger charge is 2.14. The van der Waals surface area contributed by atoms with Crippen molar-refractivity contribution in [3.63, 3.8) is 0 Å². The van der Waals surface area contributed by atoms with E-state index in [1.165, 1.54) is 11.1 Å². The summed E-state index contributed by atoms with van der Waals surface area (Å²) < 4.78 is 12.4. The van der Waals surface area contributed by atoms with Gasteiger partial charge < -0.3 is 8.83 Å². The Bertz CT molecular complexity index is 1900. The summed E-state index contributed by atoms with van der Waals surface area (Å²) in [7, 11) is 0. The number of nitrogens with zero attached hydrogens (tertiary/aromatic N) is 2. The van der Waals surface area contributed by atoms with Gasteiger partial charge in [-0.2, -0.15) is 0 Å². The molecule has 8 aromatic rings. The molecular weight excluding hydrogens is 492 g/mol. The molecule has 2 aromatic heterocycles. The molecule has 4 nitrogen and oxygen atoms in total. The molecule has 0 aliphatic rings. The zero-order valence-electron chi connectivity index (χ0n) is 21.4. The Hall–Kier alpha value is -5.48. The third kappa shape index (κ3) is 3.94. The molecule has 0 atom stereocenters. The normalized spacial score (nSPS) is 11.5. The number of aromatic nitrogens is 2. The SMILES string of the molecule is c1ccc(-c2ccc(-c3nc4cc5cc6oc(-c7ccc(-c8ccccc8)cc7)nc6cc5cc4o3)cc2)cc1. The fourth-order valence-corrected chi connectivity index (χ4v) is 5.21. The summed E-state index contributed by atoms with van der Waals surface area (Å²) in [6, 6.07) is 45.4. The number of hydrogen-bond acceptors (Lipinski definition) is 4. The summed E-state index contributed by atoms with van der Waals surface area (Å²) >= 11 is 0. The Morgan fingerprint density at radius 3 is 1.10 bits per heavy atom. The van der Waals surface area contributed by atoms with Crippen LogP contribution >= 0.6 is 0 Å². The Kier molecular flexibility index (Phi) is 5.10. The van der Waals surface area contributed by atoms with Crippen LogP contribution in [-0.4, -0.2) is 9.97 Å². The lowest BCUT2D eigenvalue weighted by Crippen LogP contribution is -1.80. The van der Waals surface area contributed by atoms with Gasteiger partial charge in [-0.15, -0.1) is 0 Å². The molecule has 188 valence electrons. The maximum Gasteiger partial charge on any atom is 0.227 e. The van der Waals surface area contributed by atoms with Gasteiger partial charge in [0.25, 0.3) is 0 Å². The Morgan fingerprint density at radius 1 is 0.350 bits per heavy atom. The van der Waals surface area contributed by atoms with Crippen molar-refractivity contribution in [1.82, 2.24) is 9.97 Å². The minimum atomic E-state index is 0.605. The van der Waals surface area contributed by atoms with Crippen LogP contribution in [0.5, 0.6) is 0 Å². The van der Waals surface area contributed by atoms with Crippen molar-refractivity contribution < 1.29 is 8.83 Å². The number of hydrogen-bond donors (Lipinski definition) is 0. The van der Waals surface area contributed by atoms with E-state index in [9.17, 15) is 0 Å². The van der Waals surface area contributed by atoms with Crippen LogP contribution in [0.1, 0.15) is 0 Å². The van der Waals surface area contributed by atoms with Gasteiger partial charge in [0.05, 0.1) is 0 Å². The van der Waals surface area contributed by atoms with Gasteiger partial charge >= 0.3 is 0 Å². The number of benzene rings is 6. The first-order valence-electron chi connectivity index (χ1n) is 13.2. The van der Waals surface area contributed by atoms with Crippen LogP contribution in [0, 0.1) is 0 Å². The van der Waals surface area contributed by atoms with Crippen molar-refractivity contribution in [2.75, 3.05) is 0 Å². The highest BCUT2D eigenvalue weighted by molar-refractivity contribution is 6.01. The fourth-order valence-electron chi connectivity index (χ4n) is 5.21. The van der Waals surface area contributed by atoms with E-state index >= 15 is 0 Å². The van der Waals surface area contributed by atoms with Crippen molar-refractivity contribution in [3.05, 3.63) is 133 Å². The van der Waals surface area contributed by atoms with Crippen LogP contribution < -0.4 is 0 Å². The van der Waals surface area contributed by atoms with E-state index in [2.05, 4.69) is 72.8 Å². The molecule has 40 heavy (non-hydrogen) atoms. The monoisotopic (exact) mass is 514 g/mol. The first-order chi connectivity index (χ1) is 19.8. The second-order valence-electron chi connectivity index (χ2n) is 9.91. The molecule has 0 bridgehead atoms. The predicted octanol–water partition coefficient (Wildman–Crippen LogP) is 9.79. The van der Waals surface area contributed by atoms with Gasteiger partial charge in [-0.3, -0.25) is 0 Å². The molecule has 0 aliphatic carbocycles. The molecule has 0 aliphatic heterocycles. The summed E-state index contributed by atoms with van der Waals surface area (Å²) in [4.78, 5) is 9.58. The van der Waals surface area contributed by atoms with Gasteiger partial charge in [-0.05, 0) is 81.6 Å². The number of rotatable bonds is 4. The topological polar surface area (TPSA) is 52.1 Å². The minimum absolute atomic E-state index is 0.605. The van der Waals surface area contributed by atoms with Crippen molar-refractivity contribution in [1.29, 1.82) is 0 Å². The molecule has 0 radical (unpaired) electrons. The quantitative estimate of drug-likeness (QED) is 0.234. The van der Waals surface area contributed by atoms with Gasteiger partial charge in [-0.25, -0.2) is 9.97 Å². The molecule has 0 saturated carbocycles. The van der Waals surface area contributed by atoms with Crippen molar-refractivity contribution in [2.24, 2.45) is 0 Å². The van der Waals surface area contributed by atoms with Crippen molar-refractivity contribution in [3.8, 4) is 45.2 Å². The lowest BCUT2D eigenvalue weighted by Gasteiger charge is -2.02. The molecular formula is C36H22N2O2. The van der Waals surface area contributed by atoms with E-state index in [0.29, 0.717) is 11.8 Å².